The number of aromatic nitrogens is 4. The number of benzene rings is 2. The number of oxazole rings is 1. The van der Waals surface area contributed by atoms with Gasteiger partial charge in [-0.1, -0.05) is 11.3 Å². The van der Waals surface area contributed by atoms with E-state index < -0.39 is 11.7 Å². The summed E-state index contributed by atoms with van der Waals surface area (Å²) in [6.07, 6.45) is 0. The third kappa shape index (κ3) is 4.33. The highest BCUT2D eigenvalue weighted by molar-refractivity contribution is 6.05. The minimum atomic E-state index is -0.566. The van der Waals surface area contributed by atoms with E-state index in [4.69, 9.17) is 19.6 Å². The van der Waals surface area contributed by atoms with Gasteiger partial charge in [-0.15, -0.1) is 5.10 Å². The highest BCUT2D eigenvalue weighted by atomic mass is 19.1. The molecule has 0 bridgehead atoms. The van der Waals surface area contributed by atoms with Crippen molar-refractivity contribution in [2.75, 3.05) is 25.3 Å². The van der Waals surface area contributed by atoms with Gasteiger partial charge in [0.05, 0.1) is 26.3 Å². The minimum Gasteiger partial charge on any atom is -0.493 e. The first-order valence-corrected chi connectivity index (χ1v) is 9.84. The van der Waals surface area contributed by atoms with Gasteiger partial charge in [-0.25, -0.2) is 14.1 Å². The Morgan fingerprint density at radius 2 is 1.94 bits per heavy atom. The van der Waals surface area contributed by atoms with Crippen LogP contribution in [0.2, 0.25) is 0 Å². The molecule has 3 N–H and O–H groups in total. The van der Waals surface area contributed by atoms with Gasteiger partial charge in [-0.2, -0.15) is 0 Å². The molecular weight excluding hydrogens is 431 g/mol. The van der Waals surface area contributed by atoms with Gasteiger partial charge < -0.3 is 24.9 Å². The fraction of sp³-hybridized carbons (Fsp3) is 0.182. The molecule has 0 aliphatic heterocycles. The largest absolute Gasteiger partial charge is 0.493 e. The Hall–Kier alpha value is -4.41. The summed E-state index contributed by atoms with van der Waals surface area (Å²) >= 11 is 0. The van der Waals surface area contributed by atoms with Crippen LogP contribution in [0.5, 0.6) is 11.5 Å². The maximum Gasteiger partial charge on any atom is 0.280 e. The van der Waals surface area contributed by atoms with Crippen LogP contribution in [0.3, 0.4) is 0 Å². The molecule has 33 heavy (non-hydrogen) atoms. The molecule has 0 spiro atoms. The Balaban J connectivity index is 1.56. The molecule has 2 aromatic carbocycles. The molecular formula is C22H21FN6O4. The molecule has 0 atom stereocenters. The predicted molar refractivity (Wildman–Crippen MR) is 118 cm³/mol. The zero-order valence-electron chi connectivity index (χ0n) is 18.1. The zero-order valence-corrected chi connectivity index (χ0v) is 18.1. The molecule has 0 aliphatic carbocycles. The monoisotopic (exact) mass is 452 g/mol. The van der Waals surface area contributed by atoms with Crippen LogP contribution in [0, 0.1) is 12.7 Å². The van der Waals surface area contributed by atoms with Crippen LogP contribution in [0.1, 0.15) is 21.9 Å². The van der Waals surface area contributed by atoms with Gasteiger partial charge in [-0.05, 0) is 43.3 Å². The summed E-state index contributed by atoms with van der Waals surface area (Å²) in [7, 11) is 3.08. The fourth-order valence-electron chi connectivity index (χ4n) is 3.21. The number of nitrogens with two attached hydrogens (primary N) is 1. The molecule has 0 fully saturated rings. The Kier molecular flexibility index (Phi) is 5.94. The molecule has 2 aromatic heterocycles. The van der Waals surface area contributed by atoms with E-state index in [0.717, 1.165) is 0 Å². The number of halogens is 1. The topological polar surface area (TPSA) is 130 Å². The number of hydrogen-bond donors (Lipinski definition) is 2. The van der Waals surface area contributed by atoms with Crippen molar-refractivity contribution in [3.63, 3.8) is 0 Å². The van der Waals surface area contributed by atoms with E-state index in [1.165, 1.54) is 36.1 Å². The second kappa shape index (κ2) is 8.99. The number of carbonyl (C=O) groups excluding carboxylic acids is 1. The lowest BCUT2D eigenvalue weighted by atomic mass is 10.2. The summed E-state index contributed by atoms with van der Waals surface area (Å²) < 4.78 is 31.0. The molecule has 10 nitrogen and oxygen atoms in total. The second-order valence-corrected chi connectivity index (χ2v) is 7.00. The van der Waals surface area contributed by atoms with Crippen LogP contribution in [-0.4, -0.2) is 40.1 Å². The predicted octanol–water partition coefficient (Wildman–Crippen LogP) is 3.28. The molecule has 170 valence electrons. The summed E-state index contributed by atoms with van der Waals surface area (Å²) in [6.45, 7) is 1.89. The molecule has 0 saturated carbocycles. The molecule has 4 aromatic rings. The molecule has 4 rings (SSSR count). The third-order valence-electron chi connectivity index (χ3n) is 4.92. The van der Waals surface area contributed by atoms with E-state index in [-0.39, 0.29) is 18.1 Å². The van der Waals surface area contributed by atoms with E-state index in [2.05, 4.69) is 20.6 Å². The average molecular weight is 452 g/mol. The Labute approximate surface area is 188 Å². The number of rotatable bonds is 7. The zero-order chi connectivity index (χ0) is 23.5. The number of amides is 1. The van der Waals surface area contributed by atoms with Gasteiger partial charge >= 0.3 is 0 Å². The summed E-state index contributed by atoms with van der Waals surface area (Å²) in [5.74, 6) is 1.000. The van der Waals surface area contributed by atoms with Crippen LogP contribution in [-0.2, 0) is 6.54 Å². The van der Waals surface area contributed by atoms with Crippen LogP contribution in [0.15, 0.2) is 46.9 Å². The first-order chi connectivity index (χ1) is 15.9. The molecule has 0 unspecified atom stereocenters. The Bertz CT molecular complexity index is 1300. The number of hydrogen-bond acceptors (Lipinski definition) is 8. The third-order valence-corrected chi connectivity index (χ3v) is 4.92. The Morgan fingerprint density at radius 1 is 1.18 bits per heavy atom. The van der Waals surface area contributed by atoms with E-state index in [9.17, 15) is 9.18 Å². The van der Waals surface area contributed by atoms with Crippen LogP contribution in [0.4, 0.5) is 15.9 Å². The summed E-state index contributed by atoms with van der Waals surface area (Å²) in [4.78, 5) is 17.1. The normalized spacial score (nSPS) is 10.8. The molecule has 0 saturated heterocycles. The van der Waals surface area contributed by atoms with E-state index in [0.29, 0.717) is 40.1 Å². The first-order valence-electron chi connectivity index (χ1n) is 9.84. The van der Waals surface area contributed by atoms with Crippen molar-refractivity contribution in [3.8, 4) is 23.0 Å². The first kappa shape index (κ1) is 21.8. The quantitative estimate of drug-likeness (QED) is 0.437. The van der Waals surface area contributed by atoms with Gasteiger partial charge in [0.25, 0.3) is 5.91 Å². The van der Waals surface area contributed by atoms with Gasteiger partial charge in [-0.3, -0.25) is 4.79 Å². The van der Waals surface area contributed by atoms with Crippen molar-refractivity contribution in [1.82, 2.24) is 20.0 Å². The number of ether oxygens (including phenoxy) is 2. The lowest BCUT2D eigenvalue weighted by molar-refractivity contribution is 0.102. The molecule has 1 amide bonds. The van der Waals surface area contributed by atoms with Crippen molar-refractivity contribution in [2.45, 2.75) is 13.5 Å². The van der Waals surface area contributed by atoms with Crippen molar-refractivity contribution in [1.29, 1.82) is 0 Å². The van der Waals surface area contributed by atoms with Gasteiger partial charge in [0.2, 0.25) is 5.89 Å². The number of methoxy groups -OCH3 is 2. The number of para-hydroxylation sites is 1. The van der Waals surface area contributed by atoms with Crippen molar-refractivity contribution >= 4 is 17.4 Å². The van der Waals surface area contributed by atoms with E-state index in [1.807, 2.05) is 0 Å². The number of aryl methyl sites for hydroxylation is 1. The molecule has 11 heteroatoms. The smallest absolute Gasteiger partial charge is 0.280 e. The molecule has 0 aliphatic rings. The maximum atomic E-state index is 13.1. The van der Waals surface area contributed by atoms with Crippen LogP contribution < -0.4 is 20.5 Å². The number of nitrogens with zero attached hydrogens (tertiary/aromatic N) is 4. The lowest BCUT2D eigenvalue weighted by Crippen LogP contribution is -2.15. The van der Waals surface area contributed by atoms with Gasteiger partial charge in [0.1, 0.15) is 17.3 Å². The summed E-state index contributed by atoms with van der Waals surface area (Å²) in [6, 6.07) is 10.7. The molecule has 2 heterocycles. The van der Waals surface area contributed by atoms with Crippen LogP contribution in [0.25, 0.3) is 11.5 Å². The standard InChI is InChI=1S/C22H21FN6O4/c1-12-16(26-22(33-12)15-5-4-6-17(31-2)19(15)32-3)11-29-20(24)18(27-28-29)21(30)25-14-9-7-13(23)8-10-14/h4-10H,11,24H2,1-3H3,(H,25,30). The average Bonchev–Trinajstić information content (AvgIpc) is 3.37. The number of anilines is 2. The van der Waals surface area contributed by atoms with E-state index in [1.54, 1.807) is 32.2 Å². The van der Waals surface area contributed by atoms with Crippen molar-refractivity contribution in [2.24, 2.45) is 0 Å². The number of nitrogens with one attached hydrogen (secondary N) is 1. The van der Waals surface area contributed by atoms with E-state index >= 15 is 0 Å². The van der Waals surface area contributed by atoms with Crippen molar-refractivity contribution < 1.29 is 23.1 Å². The molecule has 0 radical (unpaired) electrons. The second-order valence-electron chi connectivity index (χ2n) is 7.00. The number of carbonyl (C=O) groups is 1. The van der Waals surface area contributed by atoms with Gasteiger partial charge in [0, 0.05) is 5.69 Å². The van der Waals surface area contributed by atoms with Crippen molar-refractivity contribution in [3.05, 3.63) is 65.4 Å². The Morgan fingerprint density at radius 3 is 2.64 bits per heavy atom. The lowest BCUT2D eigenvalue weighted by Gasteiger charge is -2.09. The minimum absolute atomic E-state index is 0.0533. The summed E-state index contributed by atoms with van der Waals surface area (Å²) in [5, 5.41) is 10.4. The maximum absolute atomic E-state index is 13.1. The highest BCUT2D eigenvalue weighted by Gasteiger charge is 2.22. The SMILES string of the molecule is COc1cccc(-c2nc(Cn3nnc(C(=O)Nc4ccc(F)cc4)c3N)c(C)o2)c1OC. The van der Waals surface area contributed by atoms with Gasteiger partial charge in [0.15, 0.2) is 23.0 Å². The number of nitrogen functional groups attached to an aromatic ring is 1. The van der Waals surface area contributed by atoms with Crippen LogP contribution >= 0.6 is 0 Å². The summed E-state index contributed by atoms with van der Waals surface area (Å²) in [5.41, 5.74) is 7.62. The fourth-order valence-corrected chi connectivity index (χ4v) is 3.21. The highest BCUT2D eigenvalue weighted by Crippen LogP contribution is 2.38.